The molecule has 12 heavy (non-hydrogen) atoms. The van der Waals surface area contributed by atoms with Gasteiger partial charge in [-0.2, -0.15) is 0 Å². The van der Waals surface area contributed by atoms with Crippen molar-refractivity contribution in [1.82, 2.24) is 0 Å². The number of hydrogen-bond donors (Lipinski definition) is 0. The second kappa shape index (κ2) is 10.1. The molecule has 0 aliphatic heterocycles. The molecule has 0 bridgehead atoms. The van der Waals surface area contributed by atoms with Gasteiger partial charge in [-0.1, -0.05) is 13.2 Å². The van der Waals surface area contributed by atoms with E-state index in [2.05, 4.69) is 13.2 Å². The first kappa shape index (κ1) is 13.7. The van der Waals surface area contributed by atoms with Crippen molar-refractivity contribution in [1.29, 1.82) is 0 Å². The summed E-state index contributed by atoms with van der Waals surface area (Å²) >= 11 is 0. The van der Waals surface area contributed by atoms with Crippen molar-refractivity contribution in [3.8, 4) is 0 Å². The summed E-state index contributed by atoms with van der Waals surface area (Å²) in [5, 5.41) is 0. The second-order valence-electron chi connectivity index (χ2n) is 2.27. The van der Waals surface area contributed by atoms with Crippen LogP contribution in [0.2, 0.25) is 0 Å². The van der Waals surface area contributed by atoms with Crippen molar-refractivity contribution in [2.75, 3.05) is 13.2 Å². The molecule has 0 atom stereocenters. The molecule has 2 nitrogen and oxygen atoms in total. The van der Waals surface area contributed by atoms with Crippen molar-refractivity contribution >= 4 is 0 Å². The first-order valence-corrected chi connectivity index (χ1v) is 4.11. The Bertz CT molecular complexity index is 112. The van der Waals surface area contributed by atoms with Gasteiger partial charge in [0, 0.05) is 0 Å². The molecule has 0 amide bonds. The normalized spacial score (nSPS) is 7.67. The molecule has 0 fully saturated rings. The molecule has 0 aliphatic carbocycles. The molecule has 0 saturated carbocycles. The van der Waals surface area contributed by atoms with Gasteiger partial charge < -0.3 is 9.47 Å². The van der Waals surface area contributed by atoms with Crippen molar-refractivity contribution in [3.05, 3.63) is 24.7 Å². The average molecular weight is 172 g/mol. The molecular formula is C10H20O2. The molecule has 0 saturated heterocycles. The largest absolute Gasteiger partial charge is 0.499 e. The van der Waals surface area contributed by atoms with Crippen LogP contribution >= 0.6 is 0 Å². The zero-order valence-corrected chi connectivity index (χ0v) is 8.64. The predicted molar refractivity (Wildman–Crippen MR) is 52.9 cm³/mol. The Morgan fingerprint density at radius 2 is 1.17 bits per heavy atom. The Labute approximate surface area is 75.9 Å². The van der Waals surface area contributed by atoms with Crippen molar-refractivity contribution in [2.24, 2.45) is 0 Å². The Morgan fingerprint density at radius 3 is 1.17 bits per heavy atom. The van der Waals surface area contributed by atoms with E-state index >= 15 is 0 Å². The Morgan fingerprint density at radius 1 is 0.917 bits per heavy atom. The third kappa shape index (κ3) is 23.0. The van der Waals surface area contributed by atoms with Crippen LogP contribution in [0.4, 0.5) is 0 Å². The molecule has 0 spiro atoms. The van der Waals surface area contributed by atoms with Crippen LogP contribution in [0.5, 0.6) is 0 Å². The molecular weight excluding hydrogens is 152 g/mol. The minimum Gasteiger partial charge on any atom is -0.499 e. The van der Waals surface area contributed by atoms with E-state index in [0.29, 0.717) is 0 Å². The van der Waals surface area contributed by atoms with Gasteiger partial charge in [0.25, 0.3) is 0 Å². The Kier molecular flexibility index (Phi) is 11.5. The van der Waals surface area contributed by atoms with Crippen molar-refractivity contribution in [2.45, 2.75) is 27.7 Å². The standard InChI is InChI=1S/2C5H10O/c2*1-4-6-5(2)3/h2*2,4H2,1,3H3. The molecule has 0 aromatic heterocycles. The zero-order valence-electron chi connectivity index (χ0n) is 8.64. The lowest BCUT2D eigenvalue weighted by atomic mass is 10.6. The van der Waals surface area contributed by atoms with Crippen LogP contribution in [0, 0.1) is 0 Å². The molecule has 0 rings (SSSR count). The fraction of sp³-hybridized carbons (Fsp3) is 0.600. The maximum absolute atomic E-state index is 4.85. The van der Waals surface area contributed by atoms with E-state index in [9.17, 15) is 0 Å². The summed E-state index contributed by atoms with van der Waals surface area (Å²) in [7, 11) is 0. The van der Waals surface area contributed by atoms with Gasteiger partial charge in [0.05, 0.1) is 24.7 Å². The van der Waals surface area contributed by atoms with Gasteiger partial charge in [-0.05, 0) is 27.7 Å². The molecule has 0 unspecified atom stereocenters. The van der Waals surface area contributed by atoms with Crippen LogP contribution in [0.15, 0.2) is 24.7 Å². The summed E-state index contributed by atoms with van der Waals surface area (Å²) in [6, 6.07) is 0. The van der Waals surface area contributed by atoms with Gasteiger partial charge in [-0.25, -0.2) is 0 Å². The minimum atomic E-state index is 0.731. The second-order valence-corrected chi connectivity index (χ2v) is 2.27. The third-order valence-corrected chi connectivity index (χ3v) is 0.781. The van der Waals surface area contributed by atoms with Crippen molar-refractivity contribution in [3.63, 3.8) is 0 Å². The van der Waals surface area contributed by atoms with Gasteiger partial charge in [0.15, 0.2) is 0 Å². The number of rotatable bonds is 4. The summed E-state index contributed by atoms with van der Waals surface area (Å²) in [5.74, 6) is 1.58. The molecule has 0 aliphatic rings. The Hall–Kier alpha value is -0.920. The van der Waals surface area contributed by atoms with E-state index in [1.54, 1.807) is 0 Å². The smallest absolute Gasteiger partial charge is 0.0857 e. The molecule has 0 aromatic rings. The summed E-state index contributed by atoms with van der Waals surface area (Å²) in [6.07, 6.45) is 0. The maximum atomic E-state index is 4.85. The minimum absolute atomic E-state index is 0.731. The van der Waals surface area contributed by atoms with E-state index in [4.69, 9.17) is 9.47 Å². The first-order valence-electron chi connectivity index (χ1n) is 4.11. The van der Waals surface area contributed by atoms with Crippen molar-refractivity contribution < 1.29 is 9.47 Å². The van der Waals surface area contributed by atoms with Crippen LogP contribution in [-0.4, -0.2) is 13.2 Å². The summed E-state index contributed by atoms with van der Waals surface area (Å²) in [4.78, 5) is 0. The zero-order chi connectivity index (χ0) is 9.98. The predicted octanol–water partition coefficient (Wildman–Crippen LogP) is 3.11. The lowest BCUT2D eigenvalue weighted by Crippen LogP contribution is -1.81. The highest BCUT2D eigenvalue weighted by Gasteiger charge is 1.73. The molecule has 0 N–H and O–H groups in total. The van der Waals surface area contributed by atoms with Crippen LogP contribution in [0.3, 0.4) is 0 Å². The lowest BCUT2D eigenvalue weighted by molar-refractivity contribution is 0.233. The van der Waals surface area contributed by atoms with E-state index in [0.717, 1.165) is 24.7 Å². The number of ether oxygens (including phenoxy) is 2. The lowest BCUT2D eigenvalue weighted by Gasteiger charge is -1.95. The van der Waals surface area contributed by atoms with E-state index in [-0.39, 0.29) is 0 Å². The van der Waals surface area contributed by atoms with Gasteiger partial charge in [0.2, 0.25) is 0 Å². The van der Waals surface area contributed by atoms with Gasteiger partial charge in [0.1, 0.15) is 0 Å². The highest BCUT2D eigenvalue weighted by atomic mass is 16.5. The Balaban J connectivity index is 0. The molecule has 0 aromatic carbocycles. The van der Waals surface area contributed by atoms with Crippen LogP contribution in [-0.2, 0) is 9.47 Å². The summed E-state index contributed by atoms with van der Waals surface area (Å²) < 4.78 is 9.69. The van der Waals surface area contributed by atoms with Gasteiger partial charge in [-0.15, -0.1) is 0 Å². The third-order valence-electron chi connectivity index (χ3n) is 0.781. The molecule has 2 heteroatoms. The van der Waals surface area contributed by atoms with Crippen LogP contribution in [0.1, 0.15) is 27.7 Å². The molecule has 72 valence electrons. The number of hydrogen-bond acceptors (Lipinski definition) is 2. The highest BCUT2D eigenvalue weighted by Crippen LogP contribution is 1.86. The van der Waals surface area contributed by atoms with Gasteiger partial charge >= 0.3 is 0 Å². The average Bonchev–Trinajstić information content (AvgIpc) is 1.87. The van der Waals surface area contributed by atoms with Crippen LogP contribution in [0.25, 0.3) is 0 Å². The maximum Gasteiger partial charge on any atom is 0.0857 e. The monoisotopic (exact) mass is 172 g/mol. The van der Waals surface area contributed by atoms with E-state index in [1.165, 1.54) is 0 Å². The number of allylic oxidation sites excluding steroid dienone is 2. The van der Waals surface area contributed by atoms with Crippen LogP contribution < -0.4 is 0 Å². The fourth-order valence-corrected chi connectivity index (χ4v) is 0.493. The quantitative estimate of drug-likeness (QED) is 0.607. The molecule has 0 radical (unpaired) electrons. The van der Waals surface area contributed by atoms with E-state index in [1.807, 2.05) is 27.7 Å². The summed E-state index contributed by atoms with van der Waals surface area (Å²) in [6.45, 7) is 16.1. The first-order chi connectivity index (χ1) is 5.54. The fourth-order valence-electron chi connectivity index (χ4n) is 0.493. The topological polar surface area (TPSA) is 18.5 Å². The van der Waals surface area contributed by atoms with Gasteiger partial charge in [-0.3, -0.25) is 0 Å². The SMILES string of the molecule is C=C(C)OCC.C=C(C)OCC. The molecule has 0 heterocycles. The van der Waals surface area contributed by atoms with E-state index < -0.39 is 0 Å². The summed E-state index contributed by atoms with van der Waals surface area (Å²) in [5.41, 5.74) is 0. The highest BCUT2D eigenvalue weighted by molar-refractivity contribution is 4.72.